The van der Waals surface area contributed by atoms with Crippen LogP contribution < -0.4 is 11.5 Å². The number of nitrogens with two attached hydrogens (primary N) is 2. The van der Waals surface area contributed by atoms with E-state index >= 15 is 0 Å². The molecule has 18 heavy (non-hydrogen) atoms. The Balaban J connectivity index is 2.56. The molecule has 2 rings (SSSR count). The number of nitrogen functional groups attached to an aromatic ring is 2. The molecule has 4 N–H and O–H groups in total. The van der Waals surface area contributed by atoms with Gasteiger partial charge in [-0.05, 0) is 41.0 Å². The van der Waals surface area contributed by atoms with Gasteiger partial charge in [-0.1, -0.05) is 30.9 Å². The SMILES string of the molecule is C=CC(F)c1cc(N)ccc1-c1ccc(N)cc1. The minimum Gasteiger partial charge on any atom is -0.399 e. The van der Waals surface area contributed by atoms with Crippen molar-refractivity contribution in [3.8, 4) is 11.1 Å². The molecule has 0 heterocycles. The van der Waals surface area contributed by atoms with Crippen molar-refractivity contribution in [3.05, 3.63) is 60.7 Å². The molecular weight excluding hydrogens is 227 g/mol. The van der Waals surface area contributed by atoms with Crippen LogP contribution >= 0.6 is 0 Å². The van der Waals surface area contributed by atoms with Crippen LogP contribution in [0.1, 0.15) is 11.7 Å². The Morgan fingerprint density at radius 1 is 1.00 bits per heavy atom. The average molecular weight is 242 g/mol. The zero-order valence-electron chi connectivity index (χ0n) is 9.94. The summed E-state index contributed by atoms with van der Waals surface area (Å²) in [5.41, 5.74) is 14.8. The maximum atomic E-state index is 13.9. The van der Waals surface area contributed by atoms with Crippen molar-refractivity contribution >= 4 is 11.4 Å². The summed E-state index contributed by atoms with van der Waals surface area (Å²) in [5, 5.41) is 0. The Morgan fingerprint density at radius 2 is 1.61 bits per heavy atom. The smallest absolute Gasteiger partial charge is 0.144 e. The molecular formula is C15H15FN2. The average Bonchev–Trinajstić information content (AvgIpc) is 2.39. The molecule has 0 aliphatic carbocycles. The first kappa shape index (κ1) is 12.2. The van der Waals surface area contributed by atoms with Crippen LogP contribution in [0.15, 0.2) is 55.1 Å². The van der Waals surface area contributed by atoms with E-state index in [0.29, 0.717) is 16.9 Å². The highest BCUT2D eigenvalue weighted by Gasteiger charge is 2.12. The van der Waals surface area contributed by atoms with Crippen LogP contribution in [0.5, 0.6) is 0 Å². The lowest BCUT2D eigenvalue weighted by Crippen LogP contribution is -1.95. The summed E-state index contributed by atoms with van der Waals surface area (Å²) in [4.78, 5) is 0. The molecule has 2 aromatic rings. The first-order chi connectivity index (χ1) is 8.61. The quantitative estimate of drug-likeness (QED) is 0.636. The first-order valence-electron chi connectivity index (χ1n) is 5.64. The van der Waals surface area contributed by atoms with Crippen LogP contribution in [0.25, 0.3) is 11.1 Å². The standard InChI is InChI=1S/C15H15FN2/c1-2-15(16)14-9-12(18)7-8-13(14)10-3-5-11(17)6-4-10/h2-9,15H,1,17-18H2. The molecule has 0 aromatic heterocycles. The van der Waals surface area contributed by atoms with Crippen molar-refractivity contribution in [3.63, 3.8) is 0 Å². The third-order valence-corrected chi connectivity index (χ3v) is 2.80. The molecule has 0 spiro atoms. The van der Waals surface area contributed by atoms with Gasteiger partial charge in [0.15, 0.2) is 0 Å². The largest absolute Gasteiger partial charge is 0.399 e. The predicted molar refractivity (Wildman–Crippen MR) is 74.7 cm³/mol. The van der Waals surface area contributed by atoms with Gasteiger partial charge in [0.2, 0.25) is 0 Å². The highest BCUT2D eigenvalue weighted by Crippen LogP contribution is 2.32. The maximum Gasteiger partial charge on any atom is 0.144 e. The molecule has 92 valence electrons. The second-order valence-electron chi connectivity index (χ2n) is 4.11. The van der Waals surface area contributed by atoms with Gasteiger partial charge in [0.05, 0.1) is 0 Å². The van der Waals surface area contributed by atoms with E-state index in [1.165, 1.54) is 6.08 Å². The number of allylic oxidation sites excluding steroid dienone is 1. The highest BCUT2D eigenvalue weighted by molar-refractivity contribution is 5.71. The molecule has 0 radical (unpaired) electrons. The number of halogens is 1. The van der Waals surface area contributed by atoms with Gasteiger partial charge >= 0.3 is 0 Å². The van der Waals surface area contributed by atoms with Gasteiger partial charge in [-0.2, -0.15) is 0 Å². The number of benzene rings is 2. The van der Waals surface area contributed by atoms with Crippen molar-refractivity contribution in [1.82, 2.24) is 0 Å². The number of anilines is 2. The monoisotopic (exact) mass is 242 g/mol. The molecule has 1 unspecified atom stereocenters. The summed E-state index contributed by atoms with van der Waals surface area (Å²) < 4.78 is 13.9. The van der Waals surface area contributed by atoms with Gasteiger partial charge < -0.3 is 11.5 Å². The number of hydrogen-bond donors (Lipinski definition) is 2. The van der Waals surface area contributed by atoms with Gasteiger partial charge in [0.1, 0.15) is 6.17 Å². The summed E-state index contributed by atoms with van der Waals surface area (Å²) >= 11 is 0. The molecule has 0 saturated carbocycles. The fourth-order valence-corrected chi connectivity index (χ4v) is 1.86. The highest BCUT2D eigenvalue weighted by atomic mass is 19.1. The van der Waals surface area contributed by atoms with E-state index in [1.807, 2.05) is 18.2 Å². The van der Waals surface area contributed by atoms with Crippen LogP contribution in [0.3, 0.4) is 0 Å². The van der Waals surface area contributed by atoms with E-state index in [-0.39, 0.29) is 0 Å². The molecule has 2 aromatic carbocycles. The Bertz CT molecular complexity index is 561. The zero-order valence-corrected chi connectivity index (χ0v) is 9.94. The van der Waals surface area contributed by atoms with Gasteiger partial charge in [0.25, 0.3) is 0 Å². The molecule has 0 bridgehead atoms. The van der Waals surface area contributed by atoms with Crippen molar-refractivity contribution in [2.75, 3.05) is 11.5 Å². The Kier molecular flexibility index (Phi) is 3.33. The predicted octanol–water partition coefficient (Wildman–Crippen LogP) is 3.71. The molecule has 0 saturated heterocycles. The van der Waals surface area contributed by atoms with Crippen LogP contribution in [0.2, 0.25) is 0 Å². The van der Waals surface area contributed by atoms with Crippen molar-refractivity contribution in [2.45, 2.75) is 6.17 Å². The minimum atomic E-state index is -1.24. The lowest BCUT2D eigenvalue weighted by Gasteiger charge is -2.12. The van der Waals surface area contributed by atoms with E-state index in [2.05, 4.69) is 6.58 Å². The van der Waals surface area contributed by atoms with E-state index < -0.39 is 6.17 Å². The molecule has 1 atom stereocenters. The molecule has 0 aliphatic rings. The van der Waals surface area contributed by atoms with Crippen LogP contribution in [-0.2, 0) is 0 Å². The van der Waals surface area contributed by atoms with E-state index in [9.17, 15) is 4.39 Å². The third kappa shape index (κ3) is 2.35. The molecule has 2 nitrogen and oxygen atoms in total. The normalized spacial score (nSPS) is 12.1. The number of hydrogen-bond acceptors (Lipinski definition) is 2. The van der Waals surface area contributed by atoms with E-state index in [1.54, 1.807) is 24.3 Å². The summed E-state index contributed by atoms with van der Waals surface area (Å²) in [6.45, 7) is 3.48. The van der Waals surface area contributed by atoms with Gasteiger partial charge in [-0.15, -0.1) is 0 Å². The van der Waals surface area contributed by atoms with Gasteiger partial charge in [0, 0.05) is 11.4 Å². The first-order valence-corrected chi connectivity index (χ1v) is 5.64. The third-order valence-electron chi connectivity index (χ3n) is 2.80. The number of alkyl halides is 1. The second kappa shape index (κ2) is 4.92. The summed E-state index contributed by atoms with van der Waals surface area (Å²) in [6.07, 6.45) is 0.0244. The lowest BCUT2D eigenvalue weighted by molar-refractivity contribution is 0.416. The Morgan fingerprint density at radius 3 is 2.22 bits per heavy atom. The molecule has 0 fully saturated rings. The van der Waals surface area contributed by atoms with E-state index in [0.717, 1.165) is 11.1 Å². The fraction of sp³-hybridized carbons (Fsp3) is 0.0667. The second-order valence-corrected chi connectivity index (χ2v) is 4.11. The van der Waals surface area contributed by atoms with E-state index in [4.69, 9.17) is 11.5 Å². The summed E-state index contributed by atoms with van der Waals surface area (Å²) in [7, 11) is 0. The zero-order chi connectivity index (χ0) is 13.1. The lowest BCUT2D eigenvalue weighted by atomic mass is 9.96. The number of rotatable bonds is 3. The van der Waals surface area contributed by atoms with Crippen molar-refractivity contribution < 1.29 is 4.39 Å². The molecule has 0 amide bonds. The van der Waals surface area contributed by atoms with Gasteiger partial charge in [-0.25, -0.2) is 4.39 Å². The van der Waals surface area contributed by atoms with Crippen LogP contribution in [0, 0.1) is 0 Å². The maximum absolute atomic E-state index is 13.9. The fourth-order valence-electron chi connectivity index (χ4n) is 1.86. The summed E-state index contributed by atoms with van der Waals surface area (Å²) in [5.74, 6) is 0. The Labute approximate surface area is 106 Å². The Hall–Kier alpha value is -2.29. The summed E-state index contributed by atoms with van der Waals surface area (Å²) in [6, 6.07) is 12.5. The molecule has 0 aliphatic heterocycles. The van der Waals surface area contributed by atoms with Crippen LogP contribution in [0.4, 0.5) is 15.8 Å². The molecule has 3 heteroatoms. The minimum absolute atomic E-state index is 0.523. The van der Waals surface area contributed by atoms with Crippen molar-refractivity contribution in [2.24, 2.45) is 0 Å². The van der Waals surface area contributed by atoms with Crippen LogP contribution in [-0.4, -0.2) is 0 Å². The van der Waals surface area contributed by atoms with Gasteiger partial charge in [-0.3, -0.25) is 0 Å². The van der Waals surface area contributed by atoms with Crippen molar-refractivity contribution in [1.29, 1.82) is 0 Å². The topological polar surface area (TPSA) is 52.0 Å².